The minimum atomic E-state index is -0.390. The maximum Gasteiger partial charge on any atom is 0.343 e. The molecule has 1 heterocycles. The Morgan fingerprint density at radius 3 is 1.79 bits per heavy atom. The SMILES string of the molecule is COC(=O)COc1cccc(CCC[N+]2(CCCc3cccc(OCC(=O)OC)c3)CCC[C@H](N)C2)c1.Cl.[Cl-]. The lowest BCUT2D eigenvalue weighted by Gasteiger charge is -2.44. The molecule has 2 N–H and O–H groups in total. The number of piperidine rings is 1. The van der Waals surface area contributed by atoms with E-state index in [1.165, 1.54) is 25.3 Å². The molecule has 10 heteroatoms. The summed E-state index contributed by atoms with van der Waals surface area (Å²) in [5.74, 6) is 0.589. The predicted molar refractivity (Wildman–Crippen MR) is 149 cm³/mol. The number of methoxy groups -OCH3 is 2. The molecule has 218 valence electrons. The highest BCUT2D eigenvalue weighted by Gasteiger charge is 2.32. The Hall–Kier alpha value is -2.52. The van der Waals surface area contributed by atoms with E-state index < -0.39 is 11.9 Å². The van der Waals surface area contributed by atoms with Crippen molar-refractivity contribution in [2.75, 3.05) is 53.6 Å². The third-order valence-electron chi connectivity index (χ3n) is 6.99. The summed E-state index contributed by atoms with van der Waals surface area (Å²) in [5, 5.41) is 0. The maximum absolute atomic E-state index is 11.4. The summed E-state index contributed by atoms with van der Waals surface area (Å²) in [7, 11) is 2.71. The average molecular weight is 586 g/mol. The normalized spacial score (nSPS) is 15.7. The maximum atomic E-state index is 11.4. The number of hydrogen-bond donors (Lipinski definition) is 1. The topological polar surface area (TPSA) is 97.1 Å². The van der Waals surface area contributed by atoms with Crippen LogP contribution in [0.5, 0.6) is 11.5 Å². The first-order chi connectivity index (χ1) is 17.9. The van der Waals surface area contributed by atoms with Gasteiger partial charge in [0.15, 0.2) is 13.2 Å². The number of esters is 2. The van der Waals surface area contributed by atoms with E-state index in [2.05, 4.69) is 21.6 Å². The number of rotatable bonds is 14. The molecule has 2 aromatic carbocycles. The van der Waals surface area contributed by atoms with Crippen molar-refractivity contribution in [1.29, 1.82) is 0 Å². The first-order valence-electron chi connectivity index (χ1n) is 13.1. The van der Waals surface area contributed by atoms with Crippen LogP contribution in [-0.2, 0) is 31.9 Å². The summed E-state index contributed by atoms with van der Waals surface area (Å²) >= 11 is 0. The van der Waals surface area contributed by atoms with Crippen LogP contribution in [0, 0.1) is 0 Å². The van der Waals surface area contributed by atoms with Crippen LogP contribution in [-0.4, -0.2) is 76.1 Å². The Balaban J connectivity index is 0.00000380. The van der Waals surface area contributed by atoms with Crippen molar-refractivity contribution in [2.45, 2.75) is 44.6 Å². The molecule has 8 nitrogen and oxygen atoms in total. The molecule has 39 heavy (non-hydrogen) atoms. The molecule has 0 unspecified atom stereocenters. The lowest BCUT2D eigenvalue weighted by Crippen LogP contribution is -3.00. The molecule has 1 fully saturated rings. The number of benzene rings is 2. The van der Waals surface area contributed by atoms with Crippen molar-refractivity contribution in [1.82, 2.24) is 0 Å². The molecule has 0 radical (unpaired) electrons. The van der Waals surface area contributed by atoms with Crippen LogP contribution in [0.4, 0.5) is 0 Å². The van der Waals surface area contributed by atoms with Gasteiger partial charge in [-0.25, -0.2) is 9.59 Å². The zero-order valence-electron chi connectivity index (χ0n) is 22.9. The van der Waals surface area contributed by atoms with Crippen LogP contribution < -0.4 is 27.6 Å². The largest absolute Gasteiger partial charge is 1.00 e. The predicted octanol–water partition coefficient (Wildman–Crippen LogP) is 0.719. The Morgan fingerprint density at radius 1 is 0.872 bits per heavy atom. The number of nitrogens with two attached hydrogens (primary N) is 1. The molecular weight excluding hydrogens is 543 g/mol. The monoisotopic (exact) mass is 584 g/mol. The molecule has 0 bridgehead atoms. The lowest BCUT2D eigenvalue weighted by molar-refractivity contribution is -0.933. The third-order valence-corrected chi connectivity index (χ3v) is 6.99. The zero-order valence-corrected chi connectivity index (χ0v) is 24.5. The standard InChI is InChI=1S/C29H41N2O6.2ClH/c1-34-28(32)21-36-26-13-3-8-23(18-26)10-5-15-31(17-7-12-25(30)20-31)16-6-11-24-9-4-14-27(19-24)37-22-29(33)35-2;;/h3-4,8-9,13-14,18-19,25H,5-7,10-12,15-17,20-22,30H2,1-2H3;2*1H/q+1;;/p-1/t25-;;/m0../s1. The van der Waals surface area contributed by atoms with Gasteiger partial charge in [-0.3, -0.25) is 0 Å². The van der Waals surface area contributed by atoms with Gasteiger partial charge >= 0.3 is 11.9 Å². The second kappa shape index (κ2) is 17.9. The molecule has 3 rings (SSSR count). The minimum Gasteiger partial charge on any atom is -1.00 e. The first kappa shape index (κ1) is 34.5. The molecule has 0 spiro atoms. The Bertz CT molecular complexity index is 953. The number of likely N-dealkylation sites (tertiary alicyclic amines) is 1. The fourth-order valence-corrected chi connectivity index (χ4v) is 5.11. The van der Waals surface area contributed by atoms with Gasteiger partial charge < -0.3 is 41.6 Å². The number of halogens is 2. The number of carbonyl (C=O) groups excluding carboxylic acids is 2. The van der Waals surface area contributed by atoms with Crippen LogP contribution in [0.25, 0.3) is 0 Å². The molecule has 1 atom stereocenters. The molecule has 0 saturated carbocycles. The van der Waals surface area contributed by atoms with Crippen molar-refractivity contribution in [3.63, 3.8) is 0 Å². The van der Waals surface area contributed by atoms with Crippen molar-refractivity contribution in [3.05, 3.63) is 59.7 Å². The van der Waals surface area contributed by atoms with Gasteiger partial charge in [-0.1, -0.05) is 24.3 Å². The number of quaternary nitrogens is 1. The van der Waals surface area contributed by atoms with Gasteiger partial charge in [-0.05, 0) is 61.1 Å². The van der Waals surface area contributed by atoms with Crippen LogP contribution in [0.1, 0.15) is 36.8 Å². The fourth-order valence-electron chi connectivity index (χ4n) is 5.11. The van der Waals surface area contributed by atoms with Crippen molar-refractivity contribution < 1.29 is 45.4 Å². The summed E-state index contributed by atoms with van der Waals surface area (Å²) in [4.78, 5) is 22.7. The molecule has 1 aliphatic heterocycles. The molecule has 0 aromatic heterocycles. The van der Waals surface area contributed by atoms with Crippen LogP contribution >= 0.6 is 12.4 Å². The zero-order chi connectivity index (χ0) is 26.5. The summed E-state index contributed by atoms with van der Waals surface area (Å²) in [5.41, 5.74) is 8.83. The van der Waals surface area contributed by atoms with Gasteiger partial charge in [-0.2, -0.15) is 0 Å². The molecular formula is C29H42Cl2N2O6. The van der Waals surface area contributed by atoms with Crippen molar-refractivity contribution in [2.24, 2.45) is 5.73 Å². The van der Waals surface area contributed by atoms with Gasteiger partial charge in [0.2, 0.25) is 0 Å². The summed E-state index contributed by atoms with van der Waals surface area (Å²) in [6.07, 6.45) is 6.27. The molecule has 1 aliphatic rings. The highest BCUT2D eigenvalue weighted by atomic mass is 35.5. The van der Waals surface area contributed by atoms with E-state index in [9.17, 15) is 9.59 Å². The van der Waals surface area contributed by atoms with Crippen molar-refractivity contribution in [3.8, 4) is 11.5 Å². The van der Waals surface area contributed by atoms with E-state index in [4.69, 9.17) is 15.2 Å². The third kappa shape index (κ3) is 12.0. The number of hydrogen-bond acceptors (Lipinski definition) is 7. The van der Waals surface area contributed by atoms with Gasteiger partial charge in [0.05, 0.1) is 46.4 Å². The summed E-state index contributed by atoms with van der Waals surface area (Å²) in [6, 6.07) is 16.1. The second-order valence-electron chi connectivity index (χ2n) is 9.83. The second-order valence-corrected chi connectivity index (χ2v) is 9.83. The van der Waals surface area contributed by atoms with E-state index in [1.54, 1.807) is 0 Å². The molecule has 2 aromatic rings. The Kier molecular flexibility index (Phi) is 15.9. The van der Waals surface area contributed by atoms with E-state index in [1.807, 2.05) is 36.4 Å². The fraction of sp³-hybridized carbons (Fsp3) is 0.517. The molecule has 0 aliphatic carbocycles. The van der Waals surface area contributed by atoms with Gasteiger partial charge in [0, 0.05) is 12.8 Å². The molecule has 0 amide bonds. The number of aryl methyl sites for hydroxylation is 2. The summed E-state index contributed by atoms with van der Waals surface area (Å²) in [6.45, 7) is 4.19. The molecule has 1 saturated heterocycles. The highest BCUT2D eigenvalue weighted by molar-refractivity contribution is 5.85. The van der Waals surface area contributed by atoms with E-state index in [0.29, 0.717) is 11.5 Å². The van der Waals surface area contributed by atoms with Gasteiger partial charge in [-0.15, -0.1) is 12.4 Å². The smallest absolute Gasteiger partial charge is 0.343 e. The number of nitrogens with zero attached hydrogens (tertiary/aromatic N) is 1. The first-order valence-corrected chi connectivity index (χ1v) is 13.1. The van der Waals surface area contributed by atoms with Gasteiger partial charge in [0.25, 0.3) is 0 Å². The minimum absolute atomic E-state index is 0. The Labute approximate surface area is 244 Å². The highest BCUT2D eigenvalue weighted by Crippen LogP contribution is 2.23. The average Bonchev–Trinajstić information content (AvgIpc) is 2.91. The van der Waals surface area contributed by atoms with E-state index in [-0.39, 0.29) is 44.1 Å². The summed E-state index contributed by atoms with van der Waals surface area (Å²) < 4.78 is 21.4. The quantitative estimate of drug-likeness (QED) is 0.258. The van der Waals surface area contributed by atoms with E-state index in [0.717, 1.165) is 69.2 Å². The lowest BCUT2D eigenvalue weighted by atomic mass is 10.00. The van der Waals surface area contributed by atoms with Crippen molar-refractivity contribution >= 4 is 24.3 Å². The van der Waals surface area contributed by atoms with Gasteiger partial charge in [0.1, 0.15) is 11.5 Å². The number of ether oxygens (including phenoxy) is 4. The van der Waals surface area contributed by atoms with Crippen LogP contribution in [0.3, 0.4) is 0 Å². The Morgan fingerprint density at radius 2 is 1.36 bits per heavy atom. The van der Waals surface area contributed by atoms with E-state index >= 15 is 0 Å². The van der Waals surface area contributed by atoms with Crippen LogP contribution in [0.2, 0.25) is 0 Å². The number of carbonyl (C=O) groups is 2. The van der Waals surface area contributed by atoms with Crippen LogP contribution in [0.15, 0.2) is 48.5 Å².